The molecule has 0 radical (unpaired) electrons. The molecular weight excluding hydrogens is 353 g/mol. The van der Waals surface area contributed by atoms with E-state index >= 15 is 0 Å². The molecule has 126 valence electrons. The minimum absolute atomic E-state index is 0.371. The normalized spacial score (nSPS) is 11.0. The second-order valence-corrected chi connectivity index (χ2v) is 6.48. The largest absolute Gasteiger partial charge is 0.487 e. The van der Waals surface area contributed by atoms with E-state index in [-0.39, 0.29) is 0 Å². The topological polar surface area (TPSA) is 21.6 Å². The number of halogens is 2. The average Bonchev–Trinajstić information content (AvgIpc) is 2.62. The maximum atomic E-state index is 6.32. The van der Waals surface area contributed by atoms with Crippen LogP contribution in [0.5, 0.6) is 5.75 Å². The summed E-state index contributed by atoms with van der Waals surface area (Å²) in [6, 6.07) is 21.2. The van der Waals surface area contributed by atoms with Crippen molar-refractivity contribution in [2.24, 2.45) is 4.99 Å². The van der Waals surface area contributed by atoms with E-state index < -0.39 is 0 Å². The van der Waals surface area contributed by atoms with Crippen LogP contribution in [0.15, 0.2) is 71.7 Å². The molecule has 3 aromatic carbocycles. The molecule has 0 N–H and O–H groups in total. The van der Waals surface area contributed by atoms with Gasteiger partial charge in [0.1, 0.15) is 12.4 Å². The lowest BCUT2D eigenvalue weighted by atomic mass is 10.2. The molecule has 0 unspecified atom stereocenters. The zero-order valence-corrected chi connectivity index (χ0v) is 15.3. The highest BCUT2D eigenvalue weighted by molar-refractivity contribution is 6.32. The summed E-state index contributed by atoms with van der Waals surface area (Å²) in [7, 11) is 0. The quantitative estimate of drug-likeness (QED) is 0.462. The number of rotatable bonds is 5. The molecule has 4 heteroatoms. The number of hydrogen-bond donors (Lipinski definition) is 0. The van der Waals surface area contributed by atoms with E-state index in [0.717, 1.165) is 16.8 Å². The summed E-state index contributed by atoms with van der Waals surface area (Å²) in [6.07, 6.45) is 1.79. The molecular formula is C21H17Cl2NO. The van der Waals surface area contributed by atoms with Crippen molar-refractivity contribution in [1.82, 2.24) is 0 Å². The summed E-state index contributed by atoms with van der Waals surface area (Å²) >= 11 is 12.5. The van der Waals surface area contributed by atoms with Gasteiger partial charge in [0.25, 0.3) is 0 Å². The molecule has 0 amide bonds. The Labute approximate surface area is 157 Å². The van der Waals surface area contributed by atoms with Gasteiger partial charge in [-0.1, -0.05) is 59.1 Å². The SMILES string of the molecule is Cc1ccc(N=Cc2ccc(OCc3ccccc3Cl)c(Cl)c2)cc1. The van der Waals surface area contributed by atoms with Gasteiger partial charge in [-0.15, -0.1) is 0 Å². The van der Waals surface area contributed by atoms with Crippen LogP contribution >= 0.6 is 23.2 Å². The van der Waals surface area contributed by atoms with Gasteiger partial charge in [0.2, 0.25) is 0 Å². The first kappa shape index (κ1) is 17.5. The van der Waals surface area contributed by atoms with Crippen molar-refractivity contribution < 1.29 is 4.74 Å². The van der Waals surface area contributed by atoms with Crippen molar-refractivity contribution in [3.63, 3.8) is 0 Å². The predicted octanol–water partition coefficient (Wildman–Crippen LogP) is 6.63. The van der Waals surface area contributed by atoms with Crippen molar-refractivity contribution >= 4 is 35.1 Å². The van der Waals surface area contributed by atoms with Gasteiger partial charge in [-0.25, -0.2) is 0 Å². The van der Waals surface area contributed by atoms with Gasteiger partial charge in [0.05, 0.1) is 10.7 Å². The molecule has 0 spiro atoms. The van der Waals surface area contributed by atoms with Crippen LogP contribution in [0.4, 0.5) is 5.69 Å². The molecule has 0 aliphatic carbocycles. The van der Waals surface area contributed by atoms with Crippen molar-refractivity contribution in [2.45, 2.75) is 13.5 Å². The van der Waals surface area contributed by atoms with Crippen molar-refractivity contribution in [3.8, 4) is 5.75 Å². The maximum absolute atomic E-state index is 6.32. The molecule has 0 atom stereocenters. The van der Waals surface area contributed by atoms with Crippen LogP contribution in [0.3, 0.4) is 0 Å². The first-order valence-corrected chi connectivity index (χ1v) is 8.64. The maximum Gasteiger partial charge on any atom is 0.138 e. The number of aryl methyl sites for hydroxylation is 1. The minimum Gasteiger partial charge on any atom is -0.487 e. The fraction of sp³-hybridized carbons (Fsp3) is 0.0952. The third-order valence-corrected chi connectivity index (χ3v) is 4.36. The number of aliphatic imine (C=N–C) groups is 1. The van der Waals surface area contributed by atoms with Crippen LogP contribution in [0.2, 0.25) is 10.0 Å². The Morgan fingerprint density at radius 3 is 2.40 bits per heavy atom. The smallest absolute Gasteiger partial charge is 0.138 e. The Balaban J connectivity index is 1.68. The molecule has 2 nitrogen and oxygen atoms in total. The summed E-state index contributed by atoms with van der Waals surface area (Å²) < 4.78 is 5.77. The van der Waals surface area contributed by atoms with E-state index in [1.165, 1.54) is 5.56 Å². The molecule has 0 saturated heterocycles. The highest BCUT2D eigenvalue weighted by atomic mass is 35.5. The van der Waals surface area contributed by atoms with Gasteiger partial charge in [-0.3, -0.25) is 4.99 Å². The fourth-order valence-electron chi connectivity index (χ4n) is 2.27. The Hall–Kier alpha value is -2.29. The average molecular weight is 370 g/mol. The van der Waals surface area contributed by atoms with Crippen LogP contribution in [0.1, 0.15) is 16.7 Å². The van der Waals surface area contributed by atoms with E-state index in [1.54, 1.807) is 6.21 Å². The Morgan fingerprint density at radius 1 is 0.920 bits per heavy atom. The molecule has 0 aliphatic rings. The lowest BCUT2D eigenvalue weighted by Crippen LogP contribution is -1.97. The summed E-state index contributed by atoms with van der Waals surface area (Å²) in [5.41, 5.74) is 3.95. The van der Waals surface area contributed by atoms with E-state index in [2.05, 4.69) is 11.9 Å². The van der Waals surface area contributed by atoms with Crippen LogP contribution < -0.4 is 4.74 Å². The Bertz CT molecular complexity index is 889. The van der Waals surface area contributed by atoms with E-state index in [0.29, 0.717) is 22.4 Å². The van der Waals surface area contributed by atoms with Crippen molar-refractivity contribution in [1.29, 1.82) is 0 Å². The number of hydrogen-bond acceptors (Lipinski definition) is 2. The van der Waals surface area contributed by atoms with Gasteiger partial charge < -0.3 is 4.74 Å². The highest BCUT2D eigenvalue weighted by Gasteiger charge is 2.05. The van der Waals surface area contributed by atoms with Gasteiger partial charge >= 0.3 is 0 Å². The minimum atomic E-state index is 0.371. The van der Waals surface area contributed by atoms with E-state index in [4.69, 9.17) is 27.9 Å². The molecule has 0 fully saturated rings. The zero-order valence-electron chi connectivity index (χ0n) is 13.7. The van der Waals surface area contributed by atoms with Gasteiger partial charge in [-0.2, -0.15) is 0 Å². The second-order valence-electron chi connectivity index (χ2n) is 5.66. The molecule has 3 rings (SSSR count). The van der Waals surface area contributed by atoms with Gasteiger partial charge in [-0.05, 0) is 48.9 Å². The molecule has 0 heterocycles. The second kappa shape index (κ2) is 8.19. The van der Waals surface area contributed by atoms with E-state index in [9.17, 15) is 0 Å². The molecule has 0 bridgehead atoms. The van der Waals surface area contributed by atoms with E-state index in [1.807, 2.05) is 66.7 Å². The van der Waals surface area contributed by atoms with Crippen LogP contribution in [0.25, 0.3) is 0 Å². The van der Waals surface area contributed by atoms with Crippen molar-refractivity contribution in [2.75, 3.05) is 0 Å². The first-order valence-electron chi connectivity index (χ1n) is 7.88. The standard InChI is InChI=1S/C21H17Cl2NO/c1-15-6-9-18(10-7-15)24-13-16-8-11-21(20(23)12-16)25-14-17-4-2-3-5-19(17)22/h2-13H,14H2,1H3. The van der Waals surface area contributed by atoms with Crippen LogP contribution in [-0.2, 0) is 6.61 Å². The third-order valence-electron chi connectivity index (χ3n) is 3.69. The first-order chi connectivity index (χ1) is 12.1. The fourth-order valence-corrected chi connectivity index (χ4v) is 2.70. The molecule has 25 heavy (non-hydrogen) atoms. The summed E-state index contributed by atoms with van der Waals surface area (Å²) in [4.78, 5) is 4.45. The number of benzene rings is 3. The molecule has 3 aromatic rings. The zero-order chi connectivity index (χ0) is 17.6. The Morgan fingerprint density at radius 2 is 1.68 bits per heavy atom. The number of nitrogens with zero attached hydrogens (tertiary/aromatic N) is 1. The molecule has 0 aromatic heterocycles. The highest BCUT2D eigenvalue weighted by Crippen LogP contribution is 2.27. The van der Waals surface area contributed by atoms with Crippen molar-refractivity contribution in [3.05, 3.63) is 93.5 Å². The van der Waals surface area contributed by atoms with Crippen LogP contribution in [0, 0.1) is 6.92 Å². The third kappa shape index (κ3) is 4.85. The summed E-state index contributed by atoms with van der Waals surface area (Å²) in [5.74, 6) is 0.620. The van der Waals surface area contributed by atoms with Gasteiger partial charge in [0.15, 0.2) is 0 Å². The predicted molar refractivity (Wildman–Crippen MR) is 106 cm³/mol. The summed E-state index contributed by atoms with van der Waals surface area (Å²) in [6.45, 7) is 2.42. The number of ether oxygens (including phenoxy) is 1. The Kier molecular flexibility index (Phi) is 5.75. The lowest BCUT2D eigenvalue weighted by molar-refractivity contribution is 0.306. The lowest BCUT2D eigenvalue weighted by Gasteiger charge is -2.09. The summed E-state index contributed by atoms with van der Waals surface area (Å²) in [5, 5.41) is 1.22. The molecule has 0 aliphatic heterocycles. The molecule has 0 saturated carbocycles. The van der Waals surface area contributed by atoms with Gasteiger partial charge in [0, 0.05) is 16.8 Å². The van der Waals surface area contributed by atoms with Crippen LogP contribution in [-0.4, -0.2) is 6.21 Å². The monoisotopic (exact) mass is 369 g/mol.